The van der Waals surface area contributed by atoms with Crippen LogP contribution in [0.25, 0.3) is 0 Å². The molecule has 7 heteroatoms. The van der Waals surface area contributed by atoms with Gasteiger partial charge in [0.15, 0.2) is 0 Å². The van der Waals surface area contributed by atoms with Crippen LogP contribution >= 0.6 is 23.2 Å². The van der Waals surface area contributed by atoms with Crippen molar-refractivity contribution in [2.24, 2.45) is 0 Å². The maximum Gasteiger partial charge on any atom is 0.302 e. The third-order valence-electron chi connectivity index (χ3n) is 1.47. The van der Waals surface area contributed by atoms with Crippen molar-refractivity contribution in [3.05, 3.63) is 28.0 Å². The van der Waals surface area contributed by atoms with Gasteiger partial charge in [-0.25, -0.2) is 0 Å². The molecule has 1 aromatic heterocycles. The van der Waals surface area contributed by atoms with E-state index in [0.29, 0.717) is 10.7 Å². The molecule has 0 bridgehead atoms. The Labute approximate surface area is 91.1 Å². The Kier molecular flexibility index (Phi) is 3.69. The Morgan fingerprint density at radius 3 is 2.57 bits per heavy atom. The van der Waals surface area contributed by atoms with E-state index in [4.69, 9.17) is 23.2 Å². The Bertz CT molecular complexity index is 435. The fourth-order valence-corrected chi connectivity index (χ4v) is 1.76. The van der Waals surface area contributed by atoms with Gasteiger partial charge >= 0.3 is 10.2 Å². The fourth-order valence-electron chi connectivity index (χ4n) is 0.845. The number of pyridine rings is 1. The molecule has 0 aliphatic heterocycles. The molecule has 0 N–H and O–H groups in total. The minimum absolute atomic E-state index is 0.0607. The highest BCUT2D eigenvalue weighted by Gasteiger charge is 2.10. The number of aromatic nitrogens is 1. The van der Waals surface area contributed by atoms with E-state index in [-0.39, 0.29) is 11.4 Å². The number of hydrogen-bond acceptors (Lipinski definition) is 3. The molecule has 0 aliphatic carbocycles. The van der Waals surface area contributed by atoms with Gasteiger partial charge in [0, 0.05) is 12.6 Å². The predicted molar refractivity (Wildman–Crippen MR) is 52.9 cm³/mol. The largest absolute Gasteiger partial charge is 0.302 e. The van der Waals surface area contributed by atoms with Crippen molar-refractivity contribution in [2.45, 2.75) is 6.42 Å². The lowest BCUT2D eigenvalue weighted by Gasteiger charge is -2.00. The first kappa shape index (κ1) is 11.7. The van der Waals surface area contributed by atoms with Crippen LogP contribution in [0.4, 0.5) is 3.89 Å². The Hall–Kier alpha value is -0.390. The summed E-state index contributed by atoms with van der Waals surface area (Å²) < 4.78 is 32.6. The van der Waals surface area contributed by atoms with Gasteiger partial charge in [0.25, 0.3) is 0 Å². The second-order valence-electron chi connectivity index (χ2n) is 2.58. The molecule has 0 unspecified atom stereocenters. The molecule has 14 heavy (non-hydrogen) atoms. The predicted octanol–water partition coefficient (Wildman–Crippen LogP) is 2.23. The zero-order valence-corrected chi connectivity index (χ0v) is 9.20. The summed E-state index contributed by atoms with van der Waals surface area (Å²) in [4.78, 5) is 3.79. The van der Waals surface area contributed by atoms with Crippen LogP contribution in [0.2, 0.25) is 10.0 Å². The van der Waals surface area contributed by atoms with E-state index in [1.165, 1.54) is 12.3 Å². The summed E-state index contributed by atoms with van der Waals surface area (Å²) in [6.45, 7) is 0. The lowest BCUT2D eigenvalue weighted by molar-refractivity contribution is 0.551. The van der Waals surface area contributed by atoms with Crippen molar-refractivity contribution in [3.8, 4) is 0 Å². The molecule has 0 atom stereocenters. The maximum atomic E-state index is 12.2. The average Bonchev–Trinajstić information content (AvgIpc) is 2.00. The molecule has 1 heterocycles. The highest BCUT2D eigenvalue weighted by Crippen LogP contribution is 2.19. The summed E-state index contributed by atoms with van der Waals surface area (Å²) in [6, 6.07) is 1.43. The lowest BCUT2D eigenvalue weighted by atomic mass is 10.3. The van der Waals surface area contributed by atoms with Crippen LogP contribution in [0, 0.1) is 0 Å². The minimum atomic E-state index is -4.48. The SMILES string of the molecule is O=S(=O)(F)CCc1ncc(Cl)cc1Cl. The number of aryl methyl sites for hydroxylation is 1. The Balaban J connectivity index is 2.78. The lowest BCUT2D eigenvalue weighted by Crippen LogP contribution is -2.04. The minimum Gasteiger partial charge on any atom is -0.258 e. The van der Waals surface area contributed by atoms with Crippen LogP contribution in [0.3, 0.4) is 0 Å². The monoisotopic (exact) mass is 257 g/mol. The second kappa shape index (κ2) is 4.42. The van der Waals surface area contributed by atoms with Crippen molar-refractivity contribution >= 4 is 33.4 Å². The molecule has 0 aliphatic rings. The van der Waals surface area contributed by atoms with Crippen molar-refractivity contribution in [2.75, 3.05) is 5.75 Å². The van der Waals surface area contributed by atoms with Gasteiger partial charge < -0.3 is 0 Å². The first-order valence-electron chi connectivity index (χ1n) is 3.61. The molecule has 1 aromatic rings. The van der Waals surface area contributed by atoms with E-state index in [2.05, 4.69) is 4.98 Å². The van der Waals surface area contributed by atoms with E-state index < -0.39 is 16.0 Å². The van der Waals surface area contributed by atoms with Gasteiger partial charge in [0.2, 0.25) is 0 Å². The standard InChI is InChI=1S/C7H6Cl2FNO2S/c8-5-3-6(9)7(11-4-5)1-2-14(10,12)13/h3-4H,1-2H2. The van der Waals surface area contributed by atoms with Gasteiger partial charge in [-0.3, -0.25) is 4.98 Å². The zero-order chi connectivity index (χ0) is 10.8. The van der Waals surface area contributed by atoms with Gasteiger partial charge in [-0.2, -0.15) is 8.42 Å². The molecule has 0 fully saturated rings. The van der Waals surface area contributed by atoms with Gasteiger partial charge in [0.05, 0.1) is 21.5 Å². The number of nitrogens with zero attached hydrogens (tertiary/aromatic N) is 1. The summed E-state index contributed by atoms with van der Waals surface area (Å²) in [6.07, 6.45) is 1.27. The summed E-state index contributed by atoms with van der Waals surface area (Å²) in [7, 11) is -4.48. The van der Waals surface area contributed by atoms with Crippen LogP contribution in [-0.2, 0) is 16.6 Å². The van der Waals surface area contributed by atoms with Crippen LogP contribution in [-0.4, -0.2) is 19.2 Å². The van der Waals surface area contributed by atoms with Crippen molar-refractivity contribution in [1.29, 1.82) is 0 Å². The summed E-state index contributed by atoms with van der Waals surface area (Å²) >= 11 is 11.3. The second-order valence-corrected chi connectivity index (χ2v) is 4.90. The number of hydrogen-bond donors (Lipinski definition) is 0. The molecule has 78 valence electrons. The number of halogens is 3. The Morgan fingerprint density at radius 2 is 2.07 bits per heavy atom. The third kappa shape index (κ3) is 3.77. The molecular weight excluding hydrogens is 252 g/mol. The Morgan fingerprint density at radius 1 is 1.43 bits per heavy atom. The molecule has 0 aromatic carbocycles. The van der Waals surface area contributed by atoms with Gasteiger partial charge in [-0.05, 0) is 6.07 Å². The molecule has 1 rings (SSSR count). The van der Waals surface area contributed by atoms with Gasteiger partial charge in [-0.15, -0.1) is 3.89 Å². The van der Waals surface area contributed by atoms with Crippen molar-refractivity contribution in [1.82, 2.24) is 4.98 Å². The van der Waals surface area contributed by atoms with E-state index >= 15 is 0 Å². The first-order valence-corrected chi connectivity index (χ1v) is 5.91. The summed E-state index contributed by atoms with van der Waals surface area (Å²) in [5, 5.41) is 0.586. The highest BCUT2D eigenvalue weighted by molar-refractivity contribution is 7.86. The number of rotatable bonds is 3. The summed E-state index contributed by atoms with van der Waals surface area (Å²) in [5.74, 6) is -0.624. The zero-order valence-electron chi connectivity index (χ0n) is 6.87. The van der Waals surface area contributed by atoms with Crippen LogP contribution in [0.5, 0.6) is 0 Å². The van der Waals surface area contributed by atoms with E-state index in [1.54, 1.807) is 0 Å². The molecule has 0 saturated heterocycles. The normalized spacial score (nSPS) is 11.6. The molecule has 0 spiro atoms. The van der Waals surface area contributed by atoms with Crippen LogP contribution in [0.1, 0.15) is 5.69 Å². The highest BCUT2D eigenvalue weighted by atomic mass is 35.5. The van der Waals surface area contributed by atoms with Gasteiger partial charge in [-0.1, -0.05) is 23.2 Å². The maximum absolute atomic E-state index is 12.2. The molecule has 0 saturated carbocycles. The van der Waals surface area contributed by atoms with Crippen molar-refractivity contribution in [3.63, 3.8) is 0 Å². The van der Waals surface area contributed by atoms with E-state index in [1.807, 2.05) is 0 Å². The average molecular weight is 258 g/mol. The van der Waals surface area contributed by atoms with Crippen molar-refractivity contribution < 1.29 is 12.3 Å². The first-order chi connectivity index (χ1) is 6.38. The topological polar surface area (TPSA) is 47.0 Å². The molecular formula is C7H6Cl2FNO2S. The van der Waals surface area contributed by atoms with Crippen LogP contribution < -0.4 is 0 Å². The van der Waals surface area contributed by atoms with Gasteiger partial charge in [0.1, 0.15) is 0 Å². The van der Waals surface area contributed by atoms with E-state index in [9.17, 15) is 12.3 Å². The van der Waals surface area contributed by atoms with Crippen LogP contribution in [0.15, 0.2) is 12.3 Å². The molecule has 3 nitrogen and oxygen atoms in total. The molecule has 0 amide bonds. The molecule has 0 radical (unpaired) electrons. The quantitative estimate of drug-likeness (QED) is 0.781. The summed E-state index contributed by atoms with van der Waals surface area (Å²) in [5.41, 5.74) is 0.317. The van der Waals surface area contributed by atoms with E-state index in [0.717, 1.165) is 0 Å². The smallest absolute Gasteiger partial charge is 0.258 e. The fraction of sp³-hybridized carbons (Fsp3) is 0.286. The third-order valence-corrected chi connectivity index (χ3v) is 2.69.